The molecule has 2 atom stereocenters. The Bertz CT molecular complexity index is 496. The third kappa shape index (κ3) is 2.36. The van der Waals surface area contributed by atoms with Gasteiger partial charge in [-0.05, 0) is 17.7 Å². The second kappa shape index (κ2) is 4.87. The van der Waals surface area contributed by atoms with Crippen LogP contribution in [0.2, 0.25) is 0 Å². The van der Waals surface area contributed by atoms with E-state index >= 15 is 0 Å². The third-order valence-electron chi connectivity index (χ3n) is 3.40. The Kier molecular flexibility index (Phi) is 3.61. The van der Waals surface area contributed by atoms with Crippen molar-refractivity contribution in [2.45, 2.75) is 32.5 Å². The lowest BCUT2D eigenvalue weighted by Gasteiger charge is -2.39. The maximum absolute atomic E-state index is 12.2. The lowest BCUT2D eigenvalue weighted by atomic mass is 9.75. The molecule has 1 aliphatic heterocycles. The van der Waals surface area contributed by atoms with Crippen molar-refractivity contribution in [2.75, 3.05) is 0 Å². The van der Waals surface area contributed by atoms with Crippen LogP contribution in [0.25, 0.3) is 0 Å². The van der Waals surface area contributed by atoms with Gasteiger partial charge in [-0.15, -0.1) is 6.42 Å². The fourth-order valence-corrected chi connectivity index (χ4v) is 2.46. The molecule has 1 aromatic rings. The van der Waals surface area contributed by atoms with Crippen LogP contribution in [0.1, 0.15) is 31.9 Å². The summed E-state index contributed by atoms with van der Waals surface area (Å²) >= 11 is 3.40. The molecule has 1 heterocycles. The average Bonchev–Trinajstić information content (AvgIpc) is 2.34. The highest BCUT2D eigenvalue weighted by atomic mass is 79.9. The van der Waals surface area contributed by atoms with Gasteiger partial charge >= 0.3 is 0 Å². The maximum Gasteiger partial charge on any atom is 0.145 e. The first-order valence-corrected chi connectivity index (χ1v) is 6.65. The number of carbonyl (C=O) groups is 1. The van der Waals surface area contributed by atoms with Gasteiger partial charge in [0.2, 0.25) is 0 Å². The minimum absolute atomic E-state index is 0.157. The Balaban J connectivity index is 2.37. The van der Waals surface area contributed by atoms with Gasteiger partial charge in [0.25, 0.3) is 0 Å². The second-order valence-electron chi connectivity index (χ2n) is 5.07. The number of benzene rings is 1. The van der Waals surface area contributed by atoms with Crippen molar-refractivity contribution in [1.82, 2.24) is 0 Å². The smallest absolute Gasteiger partial charge is 0.145 e. The highest BCUT2D eigenvalue weighted by Crippen LogP contribution is 2.43. The van der Waals surface area contributed by atoms with E-state index in [1.807, 2.05) is 38.1 Å². The van der Waals surface area contributed by atoms with E-state index < -0.39 is 11.5 Å². The number of carbonyl (C=O) groups excluding carboxylic acids is 1. The van der Waals surface area contributed by atoms with Crippen molar-refractivity contribution in [3.05, 3.63) is 34.3 Å². The summed E-state index contributed by atoms with van der Waals surface area (Å²) < 4.78 is 6.87. The maximum atomic E-state index is 12.2. The van der Waals surface area contributed by atoms with Crippen molar-refractivity contribution in [1.29, 1.82) is 0 Å². The van der Waals surface area contributed by atoms with Gasteiger partial charge in [0.1, 0.15) is 11.9 Å². The molecule has 0 amide bonds. The molecule has 1 aromatic carbocycles. The van der Waals surface area contributed by atoms with Crippen LogP contribution in [0.15, 0.2) is 28.7 Å². The number of hydrogen-bond acceptors (Lipinski definition) is 2. The monoisotopic (exact) mass is 306 g/mol. The number of halogens is 1. The zero-order valence-electron chi connectivity index (χ0n) is 10.4. The van der Waals surface area contributed by atoms with Crippen LogP contribution in [-0.2, 0) is 9.53 Å². The summed E-state index contributed by atoms with van der Waals surface area (Å²) in [5.74, 6) is 2.69. The van der Waals surface area contributed by atoms with Crippen molar-refractivity contribution < 1.29 is 9.53 Å². The number of terminal acetylenes is 1. The largest absolute Gasteiger partial charge is 0.356 e. The van der Waals surface area contributed by atoms with Gasteiger partial charge in [0.15, 0.2) is 0 Å². The fraction of sp³-hybridized carbons (Fsp3) is 0.400. The molecule has 0 bridgehead atoms. The summed E-state index contributed by atoms with van der Waals surface area (Å²) in [5.41, 5.74) is 0.442. The van der Waals surface area contributed by atoms with E-state index in [0.29, 0.717) is 6.42 Å². The van der Waals surface area contributed by atoms with E-state index in [1.165, 1.54) is 0 Å². The summed E-state index contributed by atoms with van der Waals surface area (Å²) in [7, 11) is 0. The third-order valence-corrected chi connectivity index (χ3v) is 3.93. The van der Waals surface area contributed by atoms with E-state index in [9.17, 15) is 4.79 Å². The Morgan fingerprint density at radius 3 is 2.56 bits per heavy atom. The van der Waals surface area contributed by atoms with Gasteiger partial charge in [-0.25, -0.2) is 0 Å². The molecule has 1 fully saturated rings. The lowest BCUT2D eigenvalue weighted by Crippen LogP contribution is -2.42. The van der Waals surface area contributed by atoms with Gasteiger partial charge < -0.3 is 4.74 Å². The van der Waals surface area contributed by atoms with Crippen molar-refractivity contribution in [2.24, 2.45) is 5.41 Å². The van der Waals surface area contributed by atoms with Crippen molar-refractivity contribution >= 4 is 21.7 Å². The second-order valence-corrected chi connectivity index (χ2v) is 5.99. The highest BCUT2D eigenvalue weighted by Gasteiger charge is 2.44. The Morgan fingerprint density at radius 1 is 1.39 bits per heavy atom. The van der Waals surface area contributed by atoms with Crippen LogP contribution in [0.5, 0.6) is 0 Å². The van der Waals surface area contributed by atoms with E-state index in [-0.39, 0.29) is 11.9 Å². The number of ketones is 1. The summed E-state index contributed by atoms with van der Waals surface area (Å²) in [6.07, 6.45) is 4.98. The lowest BCUT2D eigenvalue weighted by molar-refractivity contribution is -0.154. The Hall–Kier alpha value is -1.11. The summed E-state index contributed by atoms with van der Waals surface area (Å²) in [6.45, 7) is 3.82. The molecule has 0 spiro atoms. The van der Waals surface area contributed by atoms with Crippen molar-refractivity contribution in [3.63, 3.8) is 0 Å². The molecule has 3 heteroatoms. The molecule has 0 aromatic heterocycles. The van der Waals surface area contributed by atoms with Crippen LogP contribution in [0.3, 0.4) is 0 Å². The molecule has 2 nitrogen and oxygen atoms in total. The molecule has 0 radical (unpaired) electrons. The summed E-state index contributed by atoms with van der Waals surface area (Å²) in [5, 5.41) is 0. The minimum Gasteiger partial charge on any atom is -0.356 e. The predicted molar refractivity (Wildman–Crippen MR) is 74.0 cm³/mol. The Labute approximate surface area is 116 Å². The molecule has 1 aliphatic rings. The van der Waals surface area contributed by atoms with E-state index in [4.69, 9.17) is 11.2 Å². The SMILES string of the molecule is C#C[C@H]1CC(=O)C(C)(C)[C@@H](c2ccc(Br)cc2)O1. The molecule has 18 heavy (non-hydrogen) atoms. The standard InChI is InChI=1S/C15H15BrO2/c1-4-12-9-13(17)15(2,3)14(18-12)10-5-7-11(16)8-6-10/h1,5-8,12,14H,9H2,2-3H3/t12-,14+/m0/s1. The normalized spacial score (nSPS) is 26.7. The number of Topliss-reactive ketones (excluding diaryl/α,β-unsaturated/α-hetero) is 1. The molecular weight excluding hydrogens is 292 g/mol. The minimum atomic E-state index is -0.540. The molecule has 94 valence electrons. The number of hydrogen-bond donors (Lipinski definition) is 0. The summed E-state index contributed by atoms with van der Waals surface area (Å²) in [4.78, 5) is 12.2. The van der Waals surface area contributed by atoms with Crippen LogP contribution in [0.4, 0.5) is 0 Å². The van der Waals surface area contributed by atoms with Gasteiger partial charge in [-0.3, -0.25) is 4.79 Å². The topological polar surface area (TPSA) is 26.3 Å². The Morgan fingerprint density at radius 2 is 2.00 bits per heavy atom. The molecule has 0 N–H and O–H groups in total. The first-order chi connectivity index (χ1) is 8.45. The number of rotatable bonds is 1. The van der Waals surface area contributed by atoms with Gasteiger partial charge in [-0.1, -0.05) is 47.8 Å². The molecule has 2 rings (SSSR count). The molecule has 0 unspecified atom stereocenters. The zero-order valence-corrected chi connectivity index (χ0v) is 12.0. The van der Waals surface area contributed by atoms with E-state index in [0.717, 1.165) is 10.0 Å². The molecular formula is C15H15BrO2. The molecule has 0 aliphatic carbocycles. The van der Waals surface area contributed by atoms with Crippen LogP contribution < -0.4 is 0 Å². The van der Waals surface area contributed by atoms with Crippen LogP contribution in [-0.4, -0.2) is 11.9 Å². The van der Waals surface area contributed by atoms with Gasteiger partial charge in [0.05, 0.1) is 11.5 Å². The number of ether oxygens (including phenoxy) is 1. The van der Waals surface area contributed by atoms with Crippen molar-refractivity contribution in [3.8, 4) is 12.3 Å². The van der Waals surface area contributed by atoms with Gasteiger partial charge in [0, 0.05) is 10.9 Å². The van der Waals surface area contributed by atoms with E-state index in [1.54, 1.807) is 0 Å². The van der Waals surface area contributed by atoms with E-state index in [2.05, 4.69) is 21.9 Å². The molecule has 0 saturated carbocycles. The zero-order chi connectivity index (χ0) is 13.3. The average molecular weight is 307 g/mol. The van der Waals surface area contributed by atoms with Crippen LogP contribution in [0, 0.1) is 17.8 Å². The van der Waals surface area contributed by atoms with Crippen LogP contribution >= 0.6 is 15.9 Å². The quantitative estimate of drug-likeness (QED) is 0.742. The molecule has 1 saturated heterocycles. The van der Waals surface area contributed by atoms with Gasteiger partial charge in [-0.2, -0.15) is 0 Å². The summed E-state index contributed by atoms with van der Waals surface area (Å²) in [6, 6.07) is 7.81. The predicted octanol–water partition coefficient (Wildman–Crippen LogP) is 3.51. The first-order valence-electron chi connectivity index (χ1n) is 5.85. The first kappa shape index (κ1) is 13.3. The highest BCUT2D eigenvalue weighted by molar-refractivity contribution is 9.10. The fourth-order valence-electron chi connectivity index (χ4n) is 2.19.